The Morgan fingerprint density at radius 2 is 1.95 bits per heavy atom. The topological polar surface area (TPSA) is 75.6 Å². The minimum Gasteiger partial charge on any atom is -0.334 e. The van der Waals surface area contributed by atoms with Gasteiger partial charge in [0.2, 0.25) is 5.82 Å². The van der Waals surface area contributed by atoms with Gasteiger partial charge in [-0.1, -0.05) is 5.16 Å². The third-order valence-electron chi connectivity index (χ3n) is 2.89. The average molecular weight is 280 g/mol. The van der Waals surface area contributed by atoms with Gasteiger partial charge in [0.25, 0.3) is 5.89 Å². The van der Waals surface area contributed by atoms with Gasteiger partial charge in [-0.2, -0.15) is 10.2 Å². The molecular formula is C15H9FN4O. The van der Waals surface area contributed by atoms with E-state index in [0.29, 0.717) is 22.5 Å². The Hall–Kier alpha value is -3.07. The highest BCUT2D eigenvalue weighted by Gasteiger charge is 2.12. The van der Waals surface area contributed by atoms with Gasteiger partial charge in [-0.3, -0.25) is 4.98 Å². The first kappa shape index (κ1) is 12.9. The fraction of sp³-hybridized carbons (Fsp3) is 0.0667. The maximum absolute atomic E-state index is 12.8. The summed E-state index contributed by atoms with van der Waals surface area (Å²) in [4.78, 5) is 8.18. The van der Waals surface area contributed by atoms with E-state index in [0.717, 1.165) is 5.56 Å². The number of pyridine rings is 1. The number of benzene rings is 1. The van der Waals surface area contributed by atoms with Crippen LogP contribution < -0.4 is 0 Å². The number of hydrogen-bond acceptors (Lipinski definition) is 5. The second-order valence-corrected chi connectivity index (χ2v) is 4.32. The first-order valence-corrected chi connectivity index (χ1v) is 6.14. The van der Waals surface area contributed by atoms with Crippen LogP contribution in [0, 0.1) is 11.3 Å². The van der Waals surface area contributed by atoms with Gasteiger partial charge in [0, 0.05) is 23.5 Å². The summed E-state index contributed by atoms with van der Waals surface area (Å²) in [6.07, 6.45) is 3.26. The van der Waals surface area contributed by atoms with Crippen LogP contribution >= 0.6 is 0 Å². The minimum atomic E-state index is -0.659. The lowest BCUT2D eigenvalue weighted by molar-refractivity contribution is 0.432. The molecule has 0 spiro atoms. The second kappa shape index (κ2) is 5.51. The SMILES string of the molecule is N#Cc1cc(CF)cc(-c2nc(-c3ccncc3)no2)c1. The fourth-order valence-corrected chi connectivity index (χ4v) is 1.92. The molecule has 0 radical (unpaired) electrons. The Morgan fingerprint density at radius 3 is 2.67 bits per heavy atom. The van der Waals surface area contributed by atoms with Gasteiger partial charge >= 0.3 is 0 Å². The standard InChI is InChI=1S/C15H9FN4O/c16-8-10-5-11(9-17)7-13(6-10)15-19-14(20-21-15)12-1-3-18-4-2-12/h1-7H,8H2. The van der Waals surface area contributed by atoms with Crippen LogP contribution in [0.4, 0.5) is 4.39 Å². The molecular weight excluding hydrogens is 271 g/mol. The highest BCUT2D eigenvalue weighted by molar-refractivity contribution is 5.61. The Bertz CT molecular complexity index is 808. The molecule has 0 N–H and O–H groups in total. The van der Waals surface area contributed by atoms with Crippen molar-refractivity contribution in [2.45, 2.75) is 6.67 Å². The molecule has 0 amide bonds. The minimum absolute atomic E-state index is 0.244. The molecule has 6 heteroatoms. The van der Waals surface area contributed by atoms with Crippen LogP contribution in [0.15, 0.2) is 47.2 Å². The van der Waals surface area contributed by atoms with Crippen LogP contribution in [-0.2, 0) is 6.67 Å². The third-order valence-corrected chi connectivity index (χ3v) is 2.89. The van der Waals surface area contributed by atoms with Crippen molar-refractivity contribution in [1.82, 2.24) is 15.1 Å². The van der Waals surface area contributed by atoms with Crippen LogP contribution in [0.1, 0.15) is 11.1 Å². The van der Waals surface area contributed by atoms with Gasteiger partial charge in [0.15, 0.2) is 0 Å². The van der Waals surface area contributed by atoms with Crippen molar-refractivity contribution in [2.24, 2.45) is 0 Å². The first-order valence-electron chi connectivity index (χ1n) is 6.14. The number of alkyl halides is 1. The lowest BCUT2D eigenvalue weighted by Gasteiger charge is -1.99. The molecule has 0 unspecified atom stereocenters. The molecule has 0 aliphatic carbocycles. The first-order chi connectivity index (χ1) is 10.3. The molecule has 2 heterocycles. The van der Waals surface area contributed by atoms with Gasteiger partial charge in [0.1, 0.15) is 6.67 Å². The number of aromatic nitrogens is 3. The summed E-state index contributed by atoms with van der Waals surface area (Å²) in [6.45, 7) is -0.659. The fourth-order valence-electron chi connectivity index (χ4n) is 1.92. The summed E-state index contributed by atoms with van der Waals surface area (Å²) >= 11 is 0. The van der Waals surface area contributed by atoms with Crippen LogP contribution in [0.2, 0.25) is 0 Å². The maximum Gasteiger partial charge on any atom is 0.258 e. The van der Waals surface area contributed by atoms with E-state index in [1.165, 1.54) is 6.07 Å². The zero-order valence-electron chi connectivity index (χ0n) is 10.8. The van der Waals surface area contributed by atoms with E-state index in [9.17, 15) is 4.39 Å². The molecule has 5 nitrogen and oxygen atoms in total. The van der Waals surface area contributed by atoms with Crippen molar-refractivity contribution >= 4 is 0 Å². The van der Waals surface area contributed by atoms with Crippen molar-refractivity contribution in [3.05, 3.63) is 53.9 Å². The summed E-state index contributed by atoms with van der Waals surface area (Å²) in [5, 5.41) is 12.8. The van der Waals surface area contributed by atoms with Gasteiger partial charge in [-0.15, -0.1) is 0 Å². The molecule has 1 aromatic carbocycles. The van der Waals surface area contributed by atoms with Crippen LogP contribution in [0.3, 0.4) is 0 Å². The van der Waals surface area contributed by atoms with Gasteiger partial charge < -0.3 is 4.52 Å². The predicted molar refractivity (Wildman–Crippen MR) is 72.5 cm³/mol. The quantitative estimate of drug-likeness (QED) is 0.736. The van der Waals surface area contributed by atoms with Crippen molar-refractivity contribution in [3.63, 3.8) is 0 Å². The molecule has 3 aromatic rings. The number of nitriles is 1. The summed E-state index contributed by atoms with van der Waals surface area (Å²) < 4.78 is 18.0. The number of hydrogen-bond donors (Lipinski definition) is 0. The molecule has 0 saturated heterocycles. The summed E-state index contributed by atoms with van der Waals surface area (Å²) in [7, 11) is 0. The highest BCUT2D eigenvalue weighted by Crippen LogP contribution is 2.24. The smallest absolute Gasteiger partial charge is 0.258 e. The van der Waals surface area contributed by atoms with Gasteiger partial charge in [-0.25, -0.2) is 4.39 Å². The molecule has 2 aromatic heterocycles. The number of nitrogens with zero attached hydrogens (tertiary/aromatic N) is 4. The number of rotatable bonds is 3. The van der Waals surface area contributed by atoms with E-state index in [1.807, 2.05) is 6.07 Å². The molecule has 0 bridgehead atoms. The largest absolute Gasteiger partial charge is 0.334 e. The summed E-state index contributed by atoms with van der Waals surface area (Å²) in [5.74, 6) is 0.658. The van der Waals surface area contributed by atoms with Crippen LogP contribution in [0.25, 0.3) is 22.8 Å². The summed E-state index contributed by atoms with van der Waals surface area (Å²) in [5.41, 5.74) is 2.04. The molecule has 0 saturated carbocycles. The summed E-state index contributed by atoms with van der Waals surface area (Å²) in [6, 6.07) is 10.2. The molecule has 0 fully saturated rings. The van der Waals surface area contributed by atoms with E-state index in [1.54, 1.807) is 36.7 Å². The monoisotopic (exact) mass is 280 g/mol. The van der Waals surface area contributed by atoms with Gasteiger partial charge in [0.05, 0.1) is 11.6 Å². The molecule has 3 rings (SSSR count). The average Bonchev–Trinajstić information content (AvgIpc) is 3.05. The van der Waals surface area contributed by atoms with E-state index >= 15 is 0 Å². The second-order valence-electron chi connectivity index (χ2n) is 4.32. The Morgan fingerprint density at radius 1 is 1.14 bits per heavy atom. The lowest BCUT2D eigenvalue weighted by atomic mass is 10.1. The van der Waals surface area contributed by atoms with Crippen molar-refractivity contribution in [2.75, 3.05) is 0 Å². The van der Waals surface area contributed by atoms with Crippen LogP contribution in [-0.4, -0.2) is 15.1 Å². The van der Waals surface area contributed by atoms with Crippen molar-refractivity contribution in [1.29, 1.82) is 5.26 Å². The van der Waals surface area contributed by atoms with Gasteiger partial charge in [-0.05, 0) is 35.9 Å². The third kappa shape index (κ3) is 2.62. The molecule has 0 atom stereocenters. The lowest BCUT2D eigenvalue weighted by Crippen LogP contribution is -1.87. The normalized spacial score (nSPS) is 10.3. The zero-order valence-corrected chi connectivity index (χ0v) is 10.8. The molecule has 0 aliphatic heterocycles. The van der Waals surface area contributed by atoms with Crippen molar-refractivity contribution in [3.8, 4) is 28.9 Å². The molecule has 21 heavy (non-hydrogen) atoms. The Labute approximate surface area is 119 Å². The van der Waals surface area contributed by atoms with Crippen molar-refractivity contribution < 1.29 is 8.91 Å². The highest BCUT2D eigenvalue weighted by atomic mass is 19.1. The van der Waals surface area contributed by atoms with E-state index < -0.39 is 6.67 Å². The Kier molecular flexibility index (Phi) is 3.39. The predicted octanol–water partition coefficient (Wildman–Crippen LogP) is 3.14. The maximum atomic E-state index is 12.8. The van der Waals surface area contributed by atoms with E-state index in [-0.39, 0.29) is 5.89 Å². The van der Waals surface area contributed by atoms with Crippen LogP contribution in [0.5, 0.6) is 0 Å². The molecule has 102 valence electrons. The van der Waals surface area contributed by atoms with E-state index in [4.69, 9.17) is 9.78 Å². The Balaban J connectivity index is 2.02. The number of halogens is 1. The zero-order chi connectivity index (χ0) is 14.7. The van der Waals surface area contributed by atoms with E-state index in [2.05, 4.69) is 15.1 Å². The molecule has 0 aliphatic rings.